The minimum Gasteiger partial charge on any atom is -0.465 e. The first-order valence-corrected chi connectivity index (χ1v) is 7.82. The van der Waals surface area contributed by atoms with Crippen molar-refractivity contribution in [2.75, 3.05) is 19.8 Å². The molecule has 0 N–H and O–H groups in total. The summed E-state index contributed by atoms with van der Waals surface area (Å²) in [6, 6.07) is 0. The van der Waals surface area contributed by atoms with E-state index in [0.717, 1.165) is 0 Å². The zero-order valence-electron chi connectivity index (χ0n) is 14.5. The molecule has 0 spiro atoms. The Hall–Kier alpha value is -2.51. The van der Waals surface area contributed by atoms with Gasteiger partial charge in [-0.15, -0.1) is 5.73 Å². The molecule has 0 atom stereocenters. The highest BCUT2D eigenvalue weighted by molar-refractivity contribution is 6.00. The molecule has 0 heterocycles. The van der Waals surface area contributed by atoms with Crippen molar-refractivity contribution in [1.29, 1.82) is 0 Å². The first-order valence-electron chi connectivity index (χ1n) is 7.82. The highest BCUT2D eigenvalue weighted by Crippen LogP contribution is 2.32. The molecule has 6 heteroatoms. The van der Waals surface area contributed by atoms with E-state index in [0.29, 0.717) is 6.42 Å². The zero-order chi connectivity index (χ0) is 18.4. The summed E-state index contributed by atoms with van der Waals surface area (Å²) in [6.07, 6.45) is 1.88. The minimum atomic E-state index is -1.60. The van der Waals surface area contributed by atoms with Crippen molar-refractivity contribution in [3.05, 3.63) is 18.4 Å². The fourth-order valence-electron chi connectivity index (χ4n) is 1.91. The standard InChI is InChI=1S/C18H24O6/c1-5-9-10-13-18(16(20)23-7-3,17(21)24-8-4)14-11-12-15(19)22-6-2/h9H,1,6-8,10,13-14H2,2-4H3. The predicted octanol–water partition coefficient (Wildman–Crippen LogP) is 2.18. The molecule has 0 aliphatic carbocycles. The first-order chi connectivity index (χ1) is 11.5. The van der Waals surface area contributed by atoms with E-state index in [2.05, 4.69) is 24.2 Å². The van der Waals surface area contributed by atoms with Gasteiger partial charge in [0.25, 0.3) is 0 Å². The Bertz CT molecular complexity index is 528. The molecule has 0 aromatic carbocycles. The average molecular weight is 336 g/mol. The lowest BCUT2D eigenvalue weighted by molar-refractivity contribution is -0.172. The highest BCUT2D eigenvalue weighted by Gasteiger charge is 2.47. The van der Waals surface area contributed by atoms with Crippen LogP contribution in [0.15, 0.2) is 18.4 Å². The predicted molar refractivity (Wildman–Crippen MR) is 87.7 cm³/mol. The topological polar surface area (TPSA) is 78.9 Å². The van der Waals surface area contributed by atoms with Gasteiger partial charge < -0.3 is 14.2 Å². The number of ether oxygens (including phenoxy) is 3. The maximum absolute atomic E-state index is 12.4. The summed E-state index contributed by atoms with van der Waals surface area (Å²) >= 11 is 0. The van der Waals surface area contributed by atoms with Gasteiger partial charge in [-0.3, -0.25) is 9.59 Å². The highest BCUT2D eigenvalue weighted by atomic mass is 16.6. The monoisotopic (exact) mass is 336 g/mol. The van der Waals surface area contributed by atoms with Crippen LogP contribution in [0.4, 0.5) is 0 Å². The Labute approximate surface area is 142 Å². The lowest BCUT2D eigenvalue weighted by Crippen LogP contribution is -2.42. The normalized spacial score (nSPS) is 9.79. The van der Waals surface area contributed by atoms with Crippen LogP contribution in [0.1, 0.15) is 40.0 Å². The maximum atomic E-state index is 12.4. The van der Waals surface area contributed by atoms with Crippen LogP contribution >= 0.6 is 0 Å². The third-order valence-electron chi connectivity index (χ3n) is 3.05. The summed E-state index contributed by atoms with van der Waals surface area (Å²) < 4.78 is 14.8. The maximum Gasteiger partial charge on any atom is 0.384 e. The number of carbonyl (C=O) groups is 3. The van der Waals surface area contributed by atoms with Crippen LogP contribution in [-0.4, -0.2) is 37.7 Å². The van der Waals surface area contributed by atoms with E-state index in [9.17, 15) is 14.4 Å². The molecule has 0 saturated carbocycles. The summed E-state index contributed by atoms with van der Waals surface area (Å²) in [5, 5.41) is 0. The molecule has 0 unspecified atom stereocenters. The van der Waals surface area contributed by atoms with Crippen molar-refractivity contribution >= 4 is 17.9 Å². The second kappa shape index (κ2) is 12.0. The fraction of sp³-hybridized carbons (Fsp3) is 0.556. The molecule has 0 rings (SSSR count). The SMILES string of the molecule is C=C=CCCC(CC#CC(=O)OCC)(C(=O)OCC)C(=O)OCC. The van der Waals surface area contributed by atoms with Gasteiger partial charge in [-0.2, -0.15) is 0 Å². The van der Waals surface area contributed by atoms with Gasteiger partial charge in [-0.25, -0.2) is 4.79 Å². The molecule has 0 radical (unpaired) electrons. The van der Waals surface area contributed by atoms with Crippen molar-refractivity contribution in [2.45, 2.75) is 40.0 Å². The quantitative estimate of drug-likeness (QED) is 0.160. The summed E-state index contributed by atoms with van der Waals surface area (Å²) in [6.45, 7) is 8.80. The van der Waals surface area contributed by atoms with Crippen LogP contribution in [0.2, 0.25) is 0 Å². The lowest BCUT2D eigenvalue weighted by Gasteiger charge is -2.26. The van der Waals surface area contributed by atoms with E-state index in [1.807, 2.05) is 0 Å². The van der Waals surface area contributed by atoms with E-state index >= 15 is 0 Å². The summed E-state index contributed by atoms with van der Waals surface area (Å²) in [4.78, 5) is 36.2. The van der Waals surface area contributed by atoms with Gasteiger partial charge in [-0.1, -0.05) is 12.5 Å². The third-order valence-corrected chi connectivity index (χ3v) is 3.05. The second-order valence-electron chi connectivity index (χ2n) is 4.67. The first kappa shape index (κ1) is 21.5. The van der Waals surface area contributed by atoms with Gasteiger partial charge in [0.05, 0.1) is 19.8 Å². The number of hydrogen-bond acceptors (Lipinski definition) is 6. The smallest absolute Gasteiger partial charge is 0.384 e. The van der Waals surface area contributed by atoms with Crippen LogP contribution in [0.5, 0.6) is 0 Å². The summed E-state index contributed by atoms with van der Waals surface area (Å²) in [7, 11) is 0. The molecule has 0 fully saturated rings. The molecule has 0 aliphatic rings. The Morgan fingerprint density at radius 1 is 1.00 bits per heavy atom. The van der Waals surface area contributed by atoms with Crippen LogP contribution < -0.4 is 0 Å². The van der Waals surface area contributed by atoms with E-state index in [-0.39, 0.29) is 32.7 Å². The van der Waals surface area contributed by atoms with E-state index in [4.69, 9.17) is 14.2 Å². The minimum absolute atomic E-state index is 0.114. The van der Waals surface area contributed by atoms with Crippen LogP contribution in [-0.2, 0) is 28.6 Å². The number of esters is 3. The molecular weight excluding hydrogens is 312 g/mol. The van der Waals surface area contributed by atoms with Crippen LogP contribution in [0, 0.1) is 17.3 Å². The Morgan fingerprint density at radius 3 is 2.00 bits per heavy atom. The van der Waals surface area contributed by atoms with Gasteiger partial charge in [0.2, 0.25) is 0 Å². The zero-order valence-corrected chi connectivity index (χ0v) is 14.5. The van der Waals surface area contributed by atoms with Crippen LogP contribution in [0.3, 0.4) is 0 Å². The Kier molecular flexibility index (Phi) is 10.7. The molecular formula is C18H24O6. The number of allylic oxidation sites excluding steroid dienone is 1. The molecule has 6 nitrogen and oxygen atoms in total. The van der Waals surface area contributed by atoms with Crippen LogP contribution in [0.25, 0.3) is 0 Å². The average Bonchev–Trinajstić information content (AvgIpc) is 2.54. The van der Waals surface area contributed by atoms with Crippen molar-refractivity contribution in [2.24, 2.45) is 5.41 Å². The van der Waals surface area contributed by atoms with Crippen molar-refractivity contribution in [1.82, 2.24) is 0 Å². The van der Waals surface area contributed by atoms with E-state index < -0.39 is 23.3 Å². The molecule has 0 bridgehead atoms. The number of rotatable bonds is 9. The molecule has 0 aliphatic heterocycles. The summed E-state index contributed by atoms with van der Waals surface area (Å²) in [5.41, 5.74) is 0.985. The molecule has 0 aromatic heterocycles. The van der Waals surface area contributed by atoms with Gasteiger partial charge in [-0.05, 0) is 39.7 Å². The van der Waals surface area contributed by atoms with Gasteiger partial charge >= 0.3 is 17.9 Å². The Balaban J connectivity index is 5.59. The van der Waals surface area contributed by atoms with Gasteiger partial charge in [0.15, 0.2) is 5.41 Å². The van der Waals surface area contributed by atoms with Crippen molar-refractivity contribution in [3.8, 4) is 11.8 Å². The molecule has 0 saturated heterocycles. The number of hydrogen-bond donors (Lipinski definition) is 0. The summed E-state index contributed by atoms with van der Waals surface area (Å²) in [5.74, 6) is 2.63. The lowest BCUT2D eigenvalue weighted by atomic mass is 9.80. The fourth-order valence-corrected chi connectivity index (χ4v) is 1.91. The van der Waals surface area contributed by atoms with E-state index in [1.165, 1.54) is 0 Å². The molecule has 132 valence electrons. The van der Waals surface area contributed by atoms with E-state index in [1.54, 1.807) is 26.8 Å². The second-order valence-corrected chi connectivity index (χ2v) is 4.67. The third kappa shape index (κ3) is 6.72. The number of carbonyl (C=O) groups excluding carboxylic acids is 3. The molecule has 24 heavy (non-hydrogen) atoms. The van der Waals surface area contributed by atoms with Gasteiger partial charge in [0.1, 0.15) is 0 Å². The van der Waals surface area contributed by atoms with Crippen molar-refractivity contribution < 1.29 is 28.6 Å². The van der Waals surface area contributed by atoms with Crippen molar-refractivity contribution in [3.63, 3.8) is 0 Å². The molecule has 0 aromatic rings. The van der Waals surface area contributed by atoms with Gasteiger partial charge in [0, 0.05) is 12.3 Å². The Morgan fingerprint density at radius 2 is 1.54 bits per heavy atom. The molecule has 0 amide bonds. The largest absolute Gasteiger partial charge is 0.465 e.